The largest absolute Gasteiger partial charge is 0.453 e. The minimum absolute atomic E-state index is 0.320. The second-order valence-electron chi connectivity index (χ2n) is 1.73. The quantitative estimate of drug-likeness (QED) is 0.569. The van der Waals surface area contributed by atoms with E-state index in [2.05, 4.69) is 4.98 Å². The third-order valence-electron chi connectivity index (χ3n) is 1.18. The van der Waals surface area contributed by atoms with E-state index in [-0.39, 0.29) is 0 Å². The summed E-state index contributed by atoms with van der Waals surface area (Å²) in [7, 11) is 0. The molecule has 0 fully saturated rings. The van der Waals surface area contributed by atoms with Crippen molar-refractivity contribution in [2.45, 2.75) is 13.8 Å². The van der Waals surface area contributed by atoms with Gasteiger partial charge in [0.05, 0.1) is 6.20 Å². The number of fused-ring (bicyclic) bond motifs is 1. The summed E-state index contributed by atoms with van der Waals surface area (Å²) in [6.45, 7) is 4.32. The van der Waals surface area contributed by atoms with E-state index < -0.39 is 0 Å². The fourth-order valence-corrected chi connectivity index (χ4v) is 0.751. The lowest BCUT2D eigenvalue weighted by Gasteiger charge is -1.88. The molecule has 0 saturated heterocycles. The number of pyridine rings is 1. The van der Waals surface area contributed by atoms with Crippen LogP contribution in [0.3, 0.4) is 0 Å². The van der Waals surface area contributed by atoms with Crippen LogP contribution in [0.4, 0.5) is 0 Å². The molecule has 0 radical (unpaired) electrons. The van der Waals surface area contributed by atoms with Crippen molar-refractivity contribution < 1.29 is 9.47 Å². The zero-order valence-corrected chi connectivity index (χ0v) is 6.70. The SMILES string of the molecule is CC.c1cc2c(cn1)OCO2. The maximum atomic E-state index is 5.04. The predicted molar refractivity (Wildman–Crippen MR) is 41.7 cm³/mol. The molecule has 3 nitrogen and oxygen atoms in total. The van der Waals surface area contributed by atoms with Crippen LogP contribution in [0.25, 0.3) is 0 Å². The highest BCUT2D eigenvalue weighted by Gasteiger charge is 2.10. The fraction of sp³-hybridized carbons (Fsp3) is 0.375. The highest BCUT2D eigenvalue weighted by Crippen LogP contribution is 2.29. The fourth-order valence-electron chi connectivity index (χ4n) is 0.751. The molecule has 0 bridgehead atoms. The average Bonchev–Trinajstić information content (AvgIpc) is 2.55. The van der Waals surface area contributed by atoms with E-state index in [0.29, 0.717) is 6.79 Å². The lowest BCUT2D eigenvalue weighted by atomic mass is 10.4. The van der Waals surface area contributed by atoms with Crippen molar-refractivity contribution in [3.63, 3.8) is 0 Å². The summed E-state index contributed by atoms with van der Waals surface area (Å²) in [4.78, 5) is 3.85. The minimum atomic E-state index is 0.320. The number of hydrogen-bond donors (Lipinski definition) is 0. The first kappa shape index (κ1) is 7.85. The Labute approximate surface area is 66.0 Å². The molecule has 1 aromatic heterocycles. The van der Waals surface area contributed by atoms with E-state index in [0.717, 1.165) is 11.5 Å². The summed E-state index contributed by atoms with van der Waals surface area (Å²) >= 11 is 0. The molecular formula is C8H11NO2. The van der Waals surface area contributed by atoms with Gasteiger partial charge in [0, 0.05) is 12.3 Å². The van der Waals surface area contributed by atoms with Crippen molar-refractivity contribution in [2.75, 3.05) is 6.79 Å². The zero-order valence-electron chi connectivity index (χ0n) is 6.70. The number of hydrogen-bond acceptors (Lipinski definition) is 3. The maximum Gasteiger partial charge on any atom is 0.231 e. The van der Waals surface area contributed by atoms with Crippen LogP contribution in [0.1, 0.15) is 13.8 Å². The normalized spacial score (nSPS) is 11.8. The molecule has 0 amide bonds. The van der Waals surface area contributed by atoms with Gasteiger partial charge in [-0.1, -0.05) is 13.8 Å². The third kappa shape index (κ3) is 1.61. The first-order valence-corrected chi connectivity index (χ1v) is 3.66. The number of rotatable bonds is 0. The Morgan fingerprint density at radius 2 is 2.00 bits per heavy atom. The highest BCUT2D eigenvalue weighted by atomic mass is 16.7. The van der Waals surface area contributed by atoms with Crippen LogP contribution >= 0.6 is 0 Å². The molecule has 11 heavy (non-hydrogen) atoms. The Morgan fingerprint density at radius 3 is 2.73 bits per heavy atom. The van der Waals surface area contributed by atoms with E-state index >= 15 is 0 Å². The first-order valence-electron chi connectivity index (χ1n) is 3.66. The predicted octanol–water partition coefficient (Wildman–Crippen LogP) is 1.84. The van der Waals surface area contributed by atoms with Gasteiger partial charge in [-0.2, -0.15) is 0 Å². The van der Waals surface area contributed by atoms with Gasteiger partial charge in [0.25, 0.3) is 0 Å². The molecule has 0 aromatic carbocycles. The van der Waals surface area contributed by atoms with Gasteiger partial charge in [0.15, 0.2) is 11.5 Å². The monoisotopic (exact) mass is 153 g/mol. The lowest BCUT2D eigenvalue weighted by Crippen LogP contribution is -1.92. The topological polar surface area (TPSA) is 31.4 Å². The number of aromatic nitrogens is 1. The van der Waals surface area contributed by atoms with Gasteiger partial charge in [-0.15, -0.1) is 0 Å². The van der Waals surface area contributed by atoms with Crippen molar-refractivity contribution in [1.82, 2.24) is 4.98 Å². The maximum absolute atomic E-state index is 5.04. The summed E-state index contributed by atoms with van der Waals surface area (Å²) in [6.07, 6.45) is 3.32. The summed E-state index contributed by atoms with van der Waals surface area (Å²) in [6, 6.07) is 1.78. The highest BCUT2D eigenvalue weighted by molar-refractivity contribution is 5.38. The van der Waals surface area contributed by atoms with E-state index in [9.17, 15) is 0 Å². The van der Waals surface area contributed by atoms with Crippen LogP contribution in [-0.4, -0.2) is 11.8 Å². The molecular weight excluding hydrogens is 142 g/mol. The molecule has 3 heteroatoms. The van der Waals surface area contributed by atoms with E-state index in [1.165, 1.54) is 0 Å². The summed E-state index contributed by atoms with van der Waals surface area (Å²) < 4.78 is 10.0. The Balaban J connectivity index is 0.000000281. The van der Waals surface area contributed by atoms with Gasteiger partial charge in [-0.05, 0) is 0 Å². The van der Waals surface area contributed by atoms with Crippen molar-refractivity contribution in [1.29, 1.82) is 0 Å². The molecule has 1 aliphatic rings. The van der Waals surface area contributed by atoms with Crippen molar-refractivity contribution in [2.24, 2.45) is 0 Å². The molecule has 0 N–H and O–H groups in total. The van der Waals surface area contributed by atoms with Gasteiger partial charge < -0.3 is 9.47 Å². The van der Waals surface area contributed by atoms with Crippen LogP contribution in [0, 0.1) is 0 Å². The molecule has 0 atom stereocenters. The minimum Gasteiger partial charge on any atom is -0.453 e. The second kappa shape index (κ2) is 3.81. The lowest BCUT2D eigenvalue weighted by molar-refractivity contribution is 0.174. The molecule has 1 aliphatic heterocycles. The van der Waals surface area contributed by atoms with Gasteiger partial charge in [-0.25, -0.2) is 0 Å². The second-order valence-corrected chi connectivity index (χ2v) is 1.73. The molecule has 2 heterocycles. The molecule has 2 rings (SSSR count). The van der Waals surface area contributed by atoms with Crippen molar-refractivity contribution >= 4 is 0 Å². The van der Waals surface area contributed by atoms with Gasteiger partial charge >= 0.3 is 0 Å². The van der Waals surface area contributed by atoms with Crippen LogP contribution in [0.15, 0.2) is 18.5 Å². The Morgan fingerprint density at radius 1 is 1.27 bits per heavy atom. The summed E-state index contributed by atoms with van der Waals surface area (Å²) in [5.74, 6) is 1.52. The van der Waals surface area contributed by atoms with Gasteiger partial charge in [0.2, 0.25) is 6.79 Å². The molecule has 0 unspecified atom stereocenters. The van der Waals surface area contributed by atoms with Crippen LogP contribution in [-0.2, 0) is 0 Å². The third-order valence-corrected chi connectivity index (χ3v) is 1.18. The summed E-state index contributed by atoms with van der Waals surface area (Å²) in [5, 5.41) is 0. The van der Waals surface area contributed by atoms with Crippen LogP contribution in [0.2, 0.25) is 0 Å². The summed E-state index contributed by atoms with van der Waals surface area (Å²) in [5.41, 5.74) is 0. The zero-order chi connectivity index (χ0) is 8.10. The number of nitrogens with zero attached hydrogens (tertiary/aromatic N) is 1. The molecule has 0 spiro atoms. The van der Waals surface area contributed by atoms with Crippen LogP contribution in [0.5, 0.6) is 11.5 Å². The Bertz CT molecular complexity index is 202. The Hall–Kier alpha value is -1.25. The van der Waals surface area contributed by atoms with E-state index in [4.69, 9.17) is 9.47 Å². The Kier molecular flexibility index (Phi) is 2.72. The molecule has 60 valence electrons. The van der Waals surface area contributed by atoms with Gasteiger partial charge in [-0.3, -0.25) is 4.98 Å². The average molecular weight is 153 g/mol. The van der Waals surface area contributed by atoms with E-state index in [1.807, 2.05) is 13.8 Å². The first-order chi connectivity index (χ1) is 5.47. The van der Waals surface area contributed by atoms with Crippen LogP contribution < -0.4 is 9.47 Å². The van der Waals surface area contributed by atoms with E-state index in [1.54, 1.807) is 18.5 Å². The standard InChI is InChI=1S/C6H5NO2.C2H6/c1-2-7-3-6-5(1)8-4-9-6;1-2/h1-3H,4H2;1-2H3. The smallest absolute Gasteiger partial charge is 0.231 e. The van der Waals surface area contributed by atoms with Gasteiger partial charge in [0.1, 0.15) is 0 Å². The number of ether oxygens (including phenoxy) is 2. The molecule has 1 aromatic rings. The van der Waals surface area contributed by atoms with Crippen molar-refractivity contribution in [3.8, 4) is 11.5 Å². The molecule has 0 saturated carbocycles. The molecule has 0 aliphatic carbocycles. The van der Waals surface area contributed by atoms with Crippen molar-refractivity contribution in [3.05, 3.63) is 18.5 Å².